The number of aryl methyl sites for hydroxylation is 2. The van der Waals surface area contributed by atoms with Gasteiger partial charge < -0.3 is 4.74 Å². The summed E-state index contributed by atoms with van der Waals surface area (Å²) in [6, 6.07) is 17.3. The summed E-state index contributed by atoms with van der Waals surface area (Å²) in [6.45, 7) is 10.6. The highest BCUT2D eigenvalue weighted by Gasteiger charge is 2.08. The zero-order chi connectivity index (χ0) is 28.5. The Bertz CT molecular complexity index is 859. The van der Waals surface area contributed by atoms with Crippen molar-refractivity contribution in [2.45, 2.75) is 117 Å². The van der Waals surface area contributed by atoms with Gasteiger partial charge in [0.05, 0.1) is 0 Å². The average Bonchev–Trinajstić information content (AvgIpc) is 2.89. The largest absolute Gasteiger partial charge is 0.457 e. The molecular weight excluding hydrogens is 496 g/mol. The molecule has 6 heteroatoms. The van der Waals surface area contributed by atoms with Crippen LogP contribution >= 0.6 is 0 Å². The average molecular weight is 549 g/mol. The molecule has 0 aliphatic heterocycles. The molecule has 0 heterocycles. The monoisotopic (exact) mass is 548 g/mol. The van der Waals surface area contributed by atoms with Crippen molar-refractivity contribution in [3.8, 4) is 11.5 Å². The van der Waals surface area contributed by atoms with E-state index in [0.717, 1.165) is 24.3 Å². The summed E-state index contributed by atoms with van der Waals surface area (Å²) in [5.74, 6) is 2.08. The Morgan fingerprint density at radius 3 is 1.21 bits per heavy atom. The zero-order valence-corrected chi connectivity index (χ0v) is 24.7. The van der Waals surface area contributed by atoms with Crippen molar-refractivity contribution < 1.29 is 22.3 Å². The fraction of sp³-hybridized carbons (Fsp3) is 0.562. The Balaban J connectivity index is 0.00000175. The van der Waals surface area contributed by atoms with E-state index in [2.05, 4.69) is 75.5 Å². The second kappa shape index (κ2) is 23.9. The number of benzene rings is 2. The molecule has 216 valence electrons. The van der Waals surface area contributed by atoms with Crippen LogP contribution in [0.2, 0.25) is 0 Å². The zero-order valence-electron chi connectivity index (χ0n) is 23.9. The van der Waals surface area contributed by atoms with Crippen molar-refractivity contribution in [2.75, 3.05) is 0 Å². The Kier molecular flexibility index (Phi) is 22.6. The second-order valence-electron chi connectivity index (χ2n) is 9.51. The van der Waals surface area contributed by atoms with Crippen LogP contribution in [0.15, 0.2) is 61.7 Å². The lowest BCUT2D eigenvalue weighted by molar-refractivity contribution is 0.381. The van der Waals surface area contributed by atoms with Crippen LogP contribution in [0.25, 0.3) is 0 Å². The molecule has 0 spiro atoms. The van der Waals surface area contributed by atoms with Crippen molar-refractivity contribution in [3.63, 3.8) is 0 Å². The second-order valence-corrected chi connectivity index (χ2v) is 10.4. The highest BCUT2D eigenvalue weighted by Crippen LogP contribution is 2.30. The molecule has 0 unspecified atom stereocenters. The number of para-hydroxylation sites is 2. The maximum absolute atomic E-state index is 8.74. The van der Waals surface area contributed by atoms with E-state index in [-0.39, 0.29) is 0 Å². The minimum atomic E-state index is -4.67. The van der Waals surface area contributed by atoms with Gasteiger partial charge >= 0.3 is 10.4 Å². The first-order valence-corrected chi connectivity index (χ1v) is 15.8. The third-order valence-electron chi connectivity index (χ3n) is 6.26. The highest BCUT2D eigenvalue weighted by atomic mass is 32.3. The summed E-state index contributed by atoms with van der Waals surface area (Å²) in [6.07, 6.45) is 21.1. The summed E-state index contributed by atoms with van der Waals surface area (Å²) in [5, 5.41) is 0. The van der Waals surface area contributed by atoms with Crippen LogP contribution in [-0.4, -0.2) is 17.5 Å². The van der Waals surface area contributed by atoms with Crippen LogP contribution in [0.1, 0.15) is 115 Å². The van der Waals surface area contributed by atoms with Crippen molar-refractivity contribution in [1.29, 1.82) is 0 Å². The van der Waals surface area contributed by atoms with E-state index in [0.29, 0.717) is 0 Å². The molecule has 38 heavy (non-hydrogen) atoms. The molecule has 0 saturated heterocycles. The first-order chi connectivity index (χ1) is 18.3. The van der Waals surface area contributed by atoms with Crippen LogP contribution in [-0.2, 0) is 23.2 Å². The molecular formula is C32H52O5S. The Labute approximate surface area is 233 Å². The maximum atomic E-state index is 8.74. The molecule has 2 N–H and O–H groups in total. The lowest BCUT2D eigenvalue weighted by Gasteiger charge is -2.14. The Morgan fingerprint density at radius 1 is 0.579 bits per heavy atom. The predicted molar refractivity (Wildman–Crippen MR) is 162 cm³/mol. The lowest BCUT2D eigenvalue weighted by atomic mass is 10.0. The highest BCUT2D eigenvalue weighted by molar-refractivity contribution is 7.79. The fourth-order valence-electron chi connectivity index (χ4n) is 4.28. The van der Waals surface area contributed by atoms with Gasteiger partial charge in [-0.2, -0.15) is 8.42 Å². The quantitative estimate of drug-likeness (QED) is 0.110. The lowest BCUT2D eigenvalue weighted by Crippen LogP contribution is -1.96. The number of rotatable bonds is 18. The van der Waals surface area contributed by atoms with Crippen LogP contribution in [0.5, 0.6) is 11.5 Å². The molecule has 0 aliphatic rings. The molecule has 2 aromatic carbocycles. The van der Waals surface area contributed by atoms with Gasteiger partial charge in [0, 0.05) is 0 Å². The fourth-order valence-corrected chi connectivity index (χ4v) is 4.28. The molecule has 0 atom stereocenters. The van der Waals surface area contributed by atoms with Crippen molar-refractivity contribution >= 4 is 10.4 Å². The van der Waals surface area contributed by atoms with Gasteiger partial charge in [0.2, 0.25) is 0 Å². The molecule has 0 radical (unpaired) electrons. The molecule has 0 fully saturated rings. The molecule has 5 nitrogen and oxygen atoms in total. The van der Waals surface area contributed by atoms with E-state index in [1.54, 1.807) is 0 Å². The molecule has 0 amide bonds. The molecule has 0 aromatic heterocycles. The maximum Gasteiger partial charge on any atom is 0.394 e. The molecule has 2 rings (SSSR count). The van der Waals surface area contributed by atoms with Gasteiger partial charge in [-0.05, 0) is 48.9 Å². The first kappa shape index (κ1) is 35.9. The predicted octanol–water partition coefficient (Wildman–Crippen LogP) is 10.2. The number of ether oxygens (including phenoxy) is 1. The molecule has 0 bridgehead atoms. The first-order valence-electron chi connectivity index (χ1n) is 14.4. The normalized spacial score (nSPS) is 10.6. The minimum Gasteiger partial charge on any atom is -0.457 e. The van der Waals surface area contributed by atoms with Gasteiger partial charge in [0.1, 0.15) is 11.5 Å². The Morgan fingerprint density at radius 2 is 0.868 bits per heavy atom. The molecule has 2 aromatic rings. The number of hydrogen-bond donors (Lipinski definition) is 2. The smallest absolute Gasteiger partial charge is 0.394 e. The van der Waals surface area contributed by atoms with Crippen LogP contribution in [0.4, 0.5) is 0 Å². The van der Waals surface area contributed by atoms with E-state index in [9.17, 15) is 0 Å². The van der Waals surface area contributed by atoms with Gasteiger partial charge in [-0.3, -0.25) is 9.11 Å². The summed E-state index contributed by atoms with van der Waals surface area (Å²) >= 11 is 0. The van der Waals surface area contributed by atoms with Crippen LogP contribution < -0.4 is 4.74 Å². The number of unbranched alkanes of at least 4 members (excludes halogenated alkanes) is 12. The third kappa shape index (κ3) is 20.9. The van der Waals surface area contributed by atoms with E-state index >= 15 is 0 Å². The van der Waals surface area contributed by atoms with Gasteiger partial charge in [-0.1, -0.05) is 127 Å². The van der Waals surface area contributed by atoms with Gasteiger partial charge in [-0.25, -0.2) is 0 Å². The molecule has 0 saturated carbocycles. The van der Waals surface area contributed by atoms with E-state index < -0.39 is 10.4 Å². The standard InChI is InChI=1S/C30H46O.C2H4.H2O4S/c1-3-5-7-9-11-13-15-21-27-23-17-19-25-29(27)31-30-26-20-18-24-28(30)22-16-14-12-10-8-6-4-2;1-2;1-5(2,3)4/h17-20,23-26H,3-16,21-22H2,1-2H3;1-2H2;(H2,1,2,3,4). The van der Waals surface area contributed by atoms with Gasteiger partial charge in [0.25, 0.3) is 0 Å². The minimum absolute atomic E-state index is 1.04. The summed E-state index contributed by atoms with van der Waals surface area (Å²) in [5.41, 5.74) is 2.70. The van der Waals surface area contributed by atoms with Crippen molar-refractivity contribution in [2.24, 2.45) is 0 Å². The van der Waals surface area contributed by atoms with Crippen LogP contribution in [0, 0.1) is 0 Å². The summed E-state index contributed by atoms with van der Waals surface area (Å²) in [7, 11) is -4.67. The topological polar surface area (TPSA) is 83.8 Å². The Hall–Kier alpha value is -2.15. The van der Waals surface area contributed by atoms with E-state index in [1.807, 2.05) is 0 Å². The van der Waals surface area contributed by atoms with Crippen molar-refractivity contribution in [3.05, 3.63) is 72.8 Å². The van der Waals surface area contributed by atoms with Gasteiger partial charge in [0.15, 0.2) is 0 Å². The summed E-state index contributed by atoms with van der Waals surface area (Å²) in [4.78, 5) is 0. The number of hydrogen-bond acceptors (Lipinski definition) is 3. The van der Waals surface area contributed by atoms with E-state index in [4.69, 9.17) is 22.3 Å². The van der Waals surface area contributed by atoms with E-state index in [1.165, 1.54) is 101 Å². The molecule has 0 aliphatic carbocycles. The van der Waals surface area contributed by atoms with Crippen LogP contribution in [0.3, 0.4) is 0 Å². The SMILES string of the molecule is C=C.CCCCCCCCCc1ccccc1Oc1ccccc1CCCCCCCCC.O=S(=O)(O)O. The third-order valence-corrected chi connectivity index (χ3v) is 6.26. The van der Waals surface area contributed by atoms with Gasteiger partial charge in [-0.15, -0.1) is 13.2 Å². The van der Waals surface area contributed by atoms with Crippen molar-refractivity contribution in [1.82, 2.24) is 0 Å². The summed E-state index contributed by atoms with van der Waals surface area (Å²) < 4.78 is 38.0.